The van der Waals surface area contributed by atoms with Crippen molar-refractivity contribution in [3.8, 4) is 0 Å². The number of hydrogen-bond donors (Lipinski definition) is 2. The van der Waals surface area contributed by atoms with Gasteiger partial charge in [-0.25, -0.2) is 0 Å². The molecule has 0 radical (unpaired) electrons. The lowest BCUT2D eigenvalue weighted by molar-refractivity contribution is -0.118. The number of carbonyl (C=O) groups excluding carboxylic acids is 1. The molecule has 3 rings (SSSR count). The van der Waals surface area contributed by atoms with Crippen LogP contribution < -0.4 is 10.6 Å². The van der Waals surface area contributed by atoms with Crippen molar-refractivity contribution in [1.29, 1.82) is 0 Å². The summed E-state index contributed by atoms with van der Waals surface area (Å²) < 4.78 is 0. The highest BCUT2D eigenvalue weighted by Crippen LogP contribution is 2.33. The van der Waals surface area contributed by atoms with Gasteiger partial charge in [0.05, 0.1) is 12.2 Å². The molecule has 1 saturated heterocycles. The van der Waals surface area contributed by atoms with Crippen LogP contribution in [0.2, 0.25) is 0 Å². The summed E-state index contributed by atoms with van der Waals surface area (Å²) in [5.41, 5.74) is 0.874. The van der Waals surface area contributed by atoms with Gasteiger partial charge in [0.1, 0.15) is 0 Å². The van der Waals surface area contributed by atoms with E-state index in [0.29, 0.717) is 12.6 Å². The number of hydrogen-bond acceptors (Lipinski definition) is 4. The molecule has 1 atom stereocenters. The normalized spacial score (nSPS) is 18.3. The minimum Gasteiger partial charge on any atom is -0.324 e. The highest BCUT2D eigenvalue weighted by Gasteiger charge is 2.20. The van der Waals surface area contributed by atoms with Crippen molar-refractivity contribution in [2.45, 2.75) is 22.8 Å². The van der Waals surface area contributed by atoms with Crippen molar-refractivity contribution >= 4 is 23.4 Å². The van der Waals surface area contributed by atoms with Crippen LogP contribution in [0.25, 0.3) is 0 Å². The summed E-state index contributed by atoms with van der Waals surface area (Å²) in [6, 6.07) is 18.6. The van der Waals surface area contributed by atoms with Gasteiger partial charge in [0.2, 0.25) is 5.91 Å². The van der Waals surface area contributed by atoms with Crippen molar-refractivity contribution in [3.05, 3.63) is 54.6 Å². The van der Waals surface area contributed by atoms with Crippen LogP contribution in [0.1, 0.15) is 6.92 Å². The summed E-state index contributed by atoms with van der Waals surface area (Å²) in [5.74, 6) is 0.0462. The average molecular weight is 341 g/mol. The lowest BCUT2D eigenvalue weighted by Crippen LogP contribution is -2.52. The number of carbonyl (C=O) groups is 1. The smallest absolute Gasteiger partial charge is 0.238 e. The second kappa shape index (κ2) is 8.33. The number of piperazine rings is 1. The lowest BCUT2D eigenvalue weighted by Gasteiger charge is -2.33. The molecule has 24 heavy (non-hydrogen) atoms. The first-order chi connectivity index (χ1) is 11.7. The summed E-state index contributed by atoms with van der Waals surface area (Å²) in [5, 5.41) is 6.42. The number of nitrogens with zero attached hydrogens (tertiary/aromatic N) is 1. The molecular weight excluding hydrogens is 318 g/mol. The molecule has 2 N–H and O–H groups in total. The van der Waals surface area contributed by atoms with Gasteiger partial charge in [-0.2, -0.15) is 0 Å². The van der Waals surface area contributed by atoms with Gasteiger partial charge in [-0.3, -0.25) is 9.69 Å². The van der Waals surface area contributed by atoms with Crippen molar-refractivity contribution < 1.29 is 4.79 Å². The predicted molar refractivity (Wildman–Crippen MR) is 99.5 cm³/mol. The average Bonchev–Trinajstić information content (AvgIpc) is 2.60. The van der Waals surface area contributed by atoms with Gasteiger partial charge in [-0.15, -0.1) is 0 Å². The van der Waals surface area contributed by atoms with Crippen molar-refractivity contribution in [1.82, 2.24) is 10.2 Å². The van der Waals surface area contributed by atoms with Gasteiger partial charge in [0.15, 0.2) is 0 Å². The fourth-order valence-corrected chi connectivity index (χ4v) is 3.69. The molecule has 1 aliphatic heterocycles. The first kappa shape index (κ1) is 17.0. The third-order valence-corrected chi connectivity index (χ3v) is 5.20. The number of para-hydroxylation sites is 1. The maximum absolute atomic E-state index is 12.4. The van der Waals surface area contributed by atoms with E-state index in [2.05, 4.69) is 34.6 Å². The second-order valence-electron chi connectivity index (χ2n) is 5.98. The summed E-state index contributed by atoms with van der Waals surface area (Å²) in [6.07, 6.45) is 0. The van der Waals surface area contributed by atoms with Crippen LogP contribution in [-0.2, 0) is 4.79 Å². The molecule has 126 valence electrons. The largest absolute Gasteiger partial charge is 0.324 e. The number of anilines is 1. The molecule has 0 aromatic heterocycles. The SMILES string of the molecule is C[C@H]1CNCCN1CC(=O)Nc1ccccc1Sc1ccccc1. The molecule has 4 nitrogen and oxygen atoms in total. The first-order valence-electron chi connectivity index (χ1n) is 8.29. The van der Waals surface area contributed by atoms with Crippen molar-refractivity contribution in [2.75, 3.05) is 31.5 Å². The molecule has 0 bridgehead atoms. The Bertz CT molecular complexity index is 677. The van der Waals surface area contributed by atoms with E-state index in [1.807, 2.05) is 42.5 Å². The zero-order valence-corrected chi connectivity index (χ0v) is 14.7. The zero-order chi connectivity index (χ0) is 16.8. The van der Waals surface area contributed by atoms with E-state index in [4.69, 9.17) is 0 Å². The number of nitrogens with one attached hydrogen (secondary N) is 2. The third kappa shape index (κ3) is 4.60. The molecule has 0 spiro atoms. The molecular formula is C19H23N3OS. The van der Waals surface area contributed by atoms with Crippen LogP contribution in [0.15, 0.2) is 64.4 Å². The summed E-state index contributed by atoms with van der Waals surface area (Å²) in [7, 11) is 0. The van der Waals surface area contributed by atoms with Gasteiger partial charge < -0.3 is 10.6 Å². The number of amides is 1. The molecule has 0 unspecified atom stereocenters. The predicted octanol–water partition coefficient (Wildman–Crippen LogP) is 3.07. The van der Waals surface area contributed by atoms with Crippen LogP contribution in [0.3, 0.4) is 0 Å². The van der Waals surface area contributed by atoms with Gasteiger partial charge in [0, 0.05) is 35.5 Å². The Morgan fingerprint density at radius 1 is 1.21 bits per heavy atom. The monoisotopic (exact) mass is 341 g/mol. The van der Waals surface area contributed by atoms with Gasteiger partial charge in [-0.1, -0.05) is 42.1 Å². The second-order valence-corrected chi connectivity index (χ2v) is 7.10. The molecule has 1 heterocycles. The first-order valence-corrected chi connectivity index (χ1v) is 9.10. The topological polar surface area (TPSA) is 44.4 Å². The maximum Gasteiger partial charge on any atom is 0.238 e. The molecule has 2 aromatic carbocycles. The van der Waals surface area contributed by atoms with Gasteiger partial charge in [-0.05, 0) is 31.2 Å². The fourth-order valence-electron chi connectivity index (χ4n) is 2.77. The molecule has 0 aliphatic carbocycles. The Labute approximate surface area is 147 Å². The minimum atomic E-state index is 0.0462. The Hall–Kier alpha value is -1.82. The van der Waals surface area contributed by atoms with Crippen LogP contribution in [0.5, 0.6) is 0 Å². The molecule has 1 amide bonds. The minimum absolute atomic E-state index is 0.0462. The van der Waals surface area contributed by atoms with E-state index in [1.165, 1.54) is 0 Å². The highest BCUT2D eigenvalue weighted by molar-refractivity contribution is 7.99. The lowest BCUT2D eigenvalue weighted by atomic mass is 10.2. The summed E-state index contributed by atoms with van der Waals surface area (Å²) >= 11 is 1.66. The molecule has 1 aliphatic rings. The van der Waals surface area contributed by atoms with Crippen molar-refractivity contribution in [3.63, 3.8) is 0 Å². The van der Waals surface area contributed by atoms with E-state index < -0.39 is 0 Å². The van der Waals surface area contributed by atoms with E-state index in [0.717, 1.165) is 35.1 Å². The van der Waals surface area contributed by atoms with Gasteiger partial charge in [0.25, 0.3) is 0 Å². The van der Waals surface area contributed by atoms with E-state index in [-0.39, 0.29) is 5.91 Å². The summed E-state index contributed by atoms with van der Waals surface area (Å²) in [4.78, 5) is 16.9. The quantitative estimate of drug-likeness (QED) is 0.877. The van der Waals surface area contributed by atoms with E-state index in [9.17, 15) is 4.79 Å². The molecule has 1 fully saturated rings. The summed E-state index contributed by atoms with van der Waals surface area (Å²) in [6.45, 7) is 5.38. The molecule has 0 saturated carbocycles. The van der Waals surface area contributed by atoms with Crippen LogP contribution in [0.4, 0.5) is 5.69 Å². The van der Waals surface area contributed by atoms with Crippen LogP contribution in [-0.4, -0.2) is 43.0 Å². The Morgan fingerprint density at radius 3 is 2.75 bits per heavy atom. The van der Waals surface area contributed by atoms with Crippen LogP contribution >= 0.6 is 11.8 Å². The van der Waals surface area contributed by atoms with E-state index in [1.54, 1.807) is 11.8 Å². The molecule has 5 heteroatoms. The Morgan fingerprint density at radius 2 is 1.96 bits per heavy atom. The third-order valence-electron chi connectivity index (χ3n) is 4.12. The number of benzene rings is 2. The maximum atomic E-state index is 12.4. The fraction of sp³-hybridized carbons (Fsp3) is 0.316. The van der Waals surface area contributed by atoms with Gasteiger partial charge >= 0.3 is 0 Å². The highest BCUT2D eigenvalue weighted by atomic mass is 32.2. The zero-order valence-electron chi connectivity index (χ0n) is 13.9. The van der Waals surface area contributed by atoms with E-state index >= 15 is 0 Å². The standard InChI is InChI=1S/C19H23N3OS/c1-15-13-20-11-12-22(15)14-19(23)21-17-9-5-6-10-18(17)24-16-7-3-2-4-8-16/h2-10,15,20H,11-14H2,1H3,(H,21,23)/t15-/m0/s1. The Kier molecular flexibility index (Phi) is 5.91. The molecule has 2 aromatic rings. The van der Waals surface area contributed by atoms with Crippen LogP contribution in [0, 0.1) is 0 Å². The number of rotatable bonds is 5. The van der Waals surface area contributed by atoms with Crippen molar-refractivity contribution in [2.24, 2.45) is 0 Å². The Balaban J connectivity index is 1.65.